The molecule has 1 atom stereocenters. The molecule has 1 rings (SSSR count). The number of hydrogen-bond donors (Lipinski definition) is 1. The lowest BCUT2D eigenvalue weighted by atomic mass is 10.0. The Morgan fingerprint density at radius 1 is 1.31 bits per heavy atom. The number of carbonyl (C=O) groups excluding carboxylic acids is 1. The number of carbonyl (C=O) groups is 2. The molecule has 0 spiro atoms. The molecule has 0 amide bonds. The molecule has 0 aromatic heterocycles. The van der Waals surface area contributed by atoms with Crippen LogP contribution >= 0.6 is 0 Å². The smallest absolute Gasteiger partial charge is 0.312 e. The summed E-state index contributed by atoms with van der Waals surface area (Å²) in [6, 6.07) is 8.61. The molecule has 0 aliphatic heterocycles. The fourth-order valence-electron chi connectivity index (χ4n) is 1.27. The number of hydrogen-bond acceptors (Lipinski definition) is 3. The quantitative estimate of drug-likeness (QED) is 0.612. The first-order valence-electron chi connectivity index (χ1n) is 5.12. The lowest BCUT2D eigenvalue weighted by Crippen LogP contribution is -2.20. The van der Waals surface area contributed by atoms with E-state index in [1.807, 2.05) is 6.07 Å². The van der Waals surface area contributed by atoms with Crippen molar-refractivity contribution in [2.24, 2.45) is 5.92 Å². The van der Waals surface area contributed by atoms with E-state index in [-0.39, 0.29) is 6.42 Å². The van der Waals surface area contributed by atoms with Crippen molar-refractivity contribution in [3.8, 4) is 5.75 Å². The molecule has 16 heavy (non-hydrogen) atoms. The highest BCUT2D eigenvalue weighted by Gasteiger charge is 2.20. The Kier molecular flexibility index (Phi) is 4.51. The second-order valence-corrected chi connectivity index (χ2v) is 3.43. The molecule has 0 saturated heterocycles. The van der Waals surface area contributed by atoms with Crippen LogP contribution in [-0.4, -0.2) is 17.0 Å². The average Bonchev–Trinajstić information content (AvgIpc) is 2.27. The van der Waals surface area contributed by atoms with Gasteiger partial charge < -0.3 is 9.84 Å². The Morgan fingerprint density at radius 3 is 2.44 bits per heavy atom. The maximum absolute atomic E-state index is 11.4. The lowest BCUT2D eigenvalue weighted by molar-refractivity contribution is -0.147. The van der Waals surface area contributed by atoms with Gasteiger partial charge in [0, 0.05) is 0 Å². The summed E-state index contributed by atoms with van der Waals surface area (Å²) in [5, 5.41) is 8.78. The molecular formula is C12H14O4. The molecule has 4 heteroatoms. The van der Waals surface area contributed by atoms with E-state index in [0.717, 1.165) is 0 Å². The predicted octanol–water partition coefficient (Wildman–Crippen LogP) is 2.09. The number of aliphatic carboxylic acids is 1. The molecule has 0 saturated carbocycles. The summed E-state index contributed by atoms with van der Waals surface area (Å²) in [5.74, 6) is -1.71. The van der Waals surface area contributed by atoms with Gasteiger partial charge in [-0.25, -0.2) is 0 Å². The summed E-state index contributed by atoms with van der Waals surface area (Å²) < 4.78 is 4.99. The van der Waals surface area contributed by atoms with E-state index >= 15 is 0 Å². The number of ether oxygens (including phenoxy) is 1. The van der Waals surface area contributed by atoms with E-state index in [4.69, 9.17) is 9.84 Å². The minimum atomic E-state index is -0.965. The molecule has 0 aliphatic carbocycles. The van der Waals surface area contributed by atoms with Crippen molar-refractivity contribution in [2.45, 2.75) is 19.8 Å². The van der Waals surface area contributed by atoms with Gasteiger partial charge in [-0.05, 0) is 18.6 Å². The van der Waals surface area contributed by atoms with Crippen LogP contribution in [0.2, 0.25) is 0 Å². The number of esters is 1. The van der Waals surface area contributed by atoms with Crippen molar-refractivity contribution < 1.29 is 19.4 Å². The largest absolute Gasteiger partial charge is 0.481 e. The van der Waals surface area contributed by atoms with E-state index in [2.05, 4.69) is 0 Å². The van der Waals surface area contributed by atoms with Crippen LogP contribution in [0.25, 0.3) is 0 Å². The van der Waals surface area contributed by atoms with Crippen LogP contribution < -0.4 is 4.74 Å². The van der Waals surface area contributed by atoms with Crippen LogP contribution in [0.1, 0.15) is 19.8 Å². The Hall–Kier alpha value is -1.84. The summed E-state index contributed by atoms with van der Waals surface area (Å²) in [7, 11) is 0. The van der Waals surface area contributed by atoms with Gasteiger partial charge in [0.1, 0.15) is 5.75 Å². The van der Waals surface area contributed by atoms with Crippen molar-refractivity contribution in [3.05, 3.63) is 30.3 Å². The second kappa shape index (κ2) is 5.90. The maximum atomic E-state index is 11.4. The van der Waals surface area contributed by atoms with Crippen LogP contribution in [0.15, 0.2) is 30.3 Å². The topological polar surface area (TPSA) is 63.6 Å². The summed E-state index contributed by atoms with van der Waals surface area (Å²) in [6.45, 7) is 1.73. The first kappa shape index (κ1) is 12.2. The fraction of sp³-hybridized carbons (Fsp3) is 0.333. The molecule has 1 aromatic rings. The van der Waals surface area contributed by atoms with Gasteiger partial charge in [-0.2, -0.15) is 0 Å². The normalized spacial score (nSPS) is 11.8. The molecule has 0 bridgehead atoms. The summed E-state index contributed by atoms with van der Waals surface area (Å²) >= 11 is 0. The lowest BCUT2D eigenvalue weighted by Gasteiger charge is -2.08. The summed E-state index contributed by atoms with van der Waals surface area (Å²) in [4.78, 5) is 22.1. The van der Waals surface area contributed by atoms with Crippen LogP contribution in [0.4, 0.5) is 0 Å². The molecule has 1 N–H and O–H groups in total. The van der Waals surface area contributed by atoms with Gasteiger partial charge in [-0.15, -0.1) is 0 Å². The highest BCUT2D eigenvalue weighted by molar-refractivity contribution is 5.79. The third-order valence-corrected chi connectivity index (χ3v) is 2.23. The van der Waals surface area contributed by atoms with Crippen LogP contribution in [0.5, 0.6) is 5.75 Å². The highest BCUT2D eigenvalue weighted by atomic mass is 16.5. The standard InChI is InChI=1S/C12H14O4/c1-2-9(12(14)15)8-11(13)16-10-6-4-3-5-7-10/h3-7,9H,2,8H2,1H3,(H,14,15). The highest BCUT2D eigenvalue weighted by Crippen LogP contribution is 2.13. The van der Waals surface area contributed by atoms with E-state index in [1.165, 1.54) is 0 Å². The van der Waals surface area contributed by atoms with Gasteiger partial charge in [0.05, 0.1) is 12.3 Å². The van der Waals surface area contributed by atoms with E-state index in [9.17, 15) is 9.59 Å². The molecule has 0 fully saturated rings. The van der Waals surface area contributed by atoms with Gasteiger partial charge in [-0.3, -0.25) is 9.59 Å². The average molecular weight is 222 g/mol. The van der Waals surface area contributed by atoms with E-state index in [1.54, 1.807) is 31.2 Å². The number of carboxylic acid groups (broad SMARTS) is 1. The van der Waals surface area contributed by atoms with Crippen molar-refractivity contribution >= 4 is 11.9 Å². The summed E-state index contributed by atoms with van der Waals surface area (Å²) in [5.41, 5.74) is 0. The second-order valence-electron chi connectivity index (χ2n) is 3.43. The number of carboxylic acids is 1. The Bertz CT molecular complexity index is 359. The molecular weight excluding hydrogens is 208 g/mol. The maximum Gasteiger partial charge on any atom is 0.312 e. The molecule has 0 heterocycles. The van der Waals surface area contributed by atoms with Gasteiger partial charge >= 0.3 is 11.9 Å². The fourth-order valence-corrected chi connectivity index (χ4v) is 1.27. The van der Waals surface area contributed by atoms with Crippen molar-refractivity contribution in [2.75, 3.05) is 0 Å². The Morgan fingerprint density at radius 2 is 1.94 bits per heavy atom. The van der Waals surface area contributed by atoms with Crippen LogP contribution in [-0.2, 0) is 9.59 Å². The molecule has 0 aliphatic rings. The van der Waals surface area contributed by atoms with Gasteiger partial charge in [-0.1, -0.05) is 25.1 Å². The third-order valence-electron chi connectivity index (χ3n) is 2.23. The minimum Gasteiger partial charge on any atom is -0.481 e. The zero-order chi connectivity index (χ0) is 12.0. The van der Waals surface area contributed by atoms with Crippen molar-refractivity contribution in [1.29, 1.82) is 0 Å². The monoisotopic (exact) mass is 222 g/mol. The molecule has 4 nitrogen and oxygen atoms in total. The van der Waals surface area contributed by atoms with Crippen molar-refractivity contribution in [3.63, 3.8) is 0 Å². The van der Waals surface area contributed by atoms with Crippen LogP contribution in [0, 0.1) is 5.92 Å². The minimum absolute atomic E-state index is 0.0965. The van der Waals surface area contributed by atoms with Gasteiger partial charge in [0.2, 0.25) is 0 Å². The number of para-hydroxylation sites is 1. The number of rotatable bonds is 5. The van der Waals surface area contributed by atoms with E-state index in [0.29, 0.717) is 12.2 Å². The van der Waals surface area contributed by atoms with E-state index < -0.39 is 17.9 Å². The molecule has 1 aromatic carbocycles. The van der Waals surface area contributed by atoms with Crippen LogP contribution in [0.3, 0.4) is 0 Å². The Balaban J connectivity index is 2.50. The molecule has 86 valence electrons. The van der Waals surface area contributed by atoms with Gasteiger partial charge in [0.25, 0.3) is 0 Å². The Labute approximate surface area is 93.9 Å². The molecule has 0 radical (unpaired) electrons. The van der Waals surface area contributed by atoms with Gasteiger partial charge in [0.15, 0.2) is 0 Å². The molecule has 1 unspecified atom stereocenters. The SMILES string of the molecule is CCC(CC(=O)Oc1ccccc1)C(=O)O. The zero-order valence-electron chi connectivity index (χ0n) is 9.05. The zero-order valence-corrected chi connectivity index (χ0v) is 9.05. The number of benzene rings is 1. The van der Waals surface area contributed by atoms with Crippen molar-refractivity contribution in [1.82, 2.24) is 0 Å². The third kappa shape index (κ3) is 3.73. The first-order chi connectivity index (χ1) is 7.63. The first-order valence-corrected chi connectivity index (χ1v) is 5.12. The predicted molar refractivity (Wildman–Crippen MR) is 58.1 cm³/mol. The summed E-state index contributed by atoms with van der Waals surface area (Å²) in [6.07, 6.45) is 0.319.